The molecule has 2 aliphatic heterocycles. The van der Waals surface area contributed by atoms with Crippen molar-refractivity contribution in [3.8, 4) is 5.75 Å². The van der Waals surface area contributed by atoms with E-state index in [-0.39, 0.29) is 11.3 Å². The molecule has 1 N–H and O–H groups in total. The molecule has 1 unspecified atom stereocenters. The molecule has 1 atom stereocenters. The van der Waals surface area contributed by atoms with Gasteiger partial charge in [0, 0.05) is 16.7 Å². The first-order valence-electron chi connectivity index (χ1n) is 10.1. The van der Waals surface area contributed by atoms with Crippen LogP contribution in [0.1, 0.15) is 44.7 Å². The van der Waals surface area contributed by atoms with Gasteiger partial charge in [0.25, 0.3) is 0 Å². The second kappa shape index (κ2) is 7.01. The van der Waals surface area contributed by atoms with Crippen LogP contribution in [0.4, 0.5) is 5.69 Å². The number of carbonyl (C=O) groups is 1. The highest BCUT2D eigenvalue weighted by atomic mass is 16.5. The van der Waals surface area contributed by atoms with Gasteiger partial charge < -0.3 is 15.0 Å². The van der Waals surface area contributed by atoms with Crippen molar-refractivity contribution in [2.24, 2.45) is 0 Å². The summed E-state index contributed by atoms with van der Waals surface area (Å²) in [5.74, 6) is 0.937. The van der Waals surface area contributed by atoms with E-state index in [4.69, 9.17) is 4.74 Å². The Hall–Kier alpha value is -2.75. The van der Waals surface area contributed by atoms with Gasteiger partial charge >= 0.3 is 0 Å². The normalized spacial score (nSPS) is 22.2. The summed E-state index contributed by atoms with van der Waals surface area (Å²) in [6.07, 6.45) is 6.37. The van der Waals surface area contributed by atoms with Crippen LogP contribution in [0.15, 0.2) is 54.6 Å². The van der Waals surface area contributed by atoms with Gasteiger partial charge in [-0.2, -0.15) is 0 Å². The highest BCUT2D eigenvalue weighted by molar-refractivity contribution is 5.91. The van der Waals surface area contributed by atoms with Crippen molar-refractivity contribution in [3.05, 3.63) is 65.7 Å². The lowest BCUT2D eigenvalue weighted by Gasteiger charge is -2.40. The summed E-state index contributed by atoms with van der Waals surface area (Å²) >= 11 is 0. The van der Waals surface area contributed by atoms with Crippen molar-refractivity contribution in [1.82, 2.24) is 5.32 Å². The van der Waals surface area contributed by atoms with Gasteiger partial charge in [-0.1, -0.05) is 69.7 Å². The van der Waals surface area contributed by atoms with Crippen molar-refractivity contribution in [2.45, 2.75) is 44.7 Å². The molecular weight excluding hydrogens is 348 g/mol. The molecule has 4 nitrogen and oxygen atoms in total. The van der Waals surface area contributed by atoms with Crippen molar-refractivity contribution in [2.75, 3.05) is 18.1 Å². The maximum absolute atomic E-state index is 12.4. The van der Waals surface area contributed by atoms with Crippen molar-refractivity contribution >= 4 is 17.7 Å². The number of hydrogen-bond donors (Lipinski definition) is 1. The Morgan fingerprint density at radius 1 is 1.14 bits per heavy atom. The number of benzene rings is 2. The Kier molecular flexibility index (Phi) is 4.66. The highest BCUT2D eigenvalue weighted by Crippen LogP contribution is 2.52. The third-order valence-corrected chi connectivity index (χ3v) is 6.06. The lowest BCUT2D eigenvalue weighted by Crippen LogP contribution is -2.58. The molecule has 28 heavy (non-hydrogen) atoms. The van der Waals surface area contributed by atoms with Crippen LogP contribution in [0.25, 0.3) is 6.08 Å². The van der Waals surface area contributed by atoms with E-state index in [2.05, 4.69) is 67.4 Å². The van der Waals surface area contributed by atoms with E-state index in [0.717, 1.165) is 29.8 Å². The number of hydrogen-bond acceptors (Lipinski definition) is 3. The summed E-state index contributed by atoms with van der Waals surface area (Å²) in [7, 11) is 0. The molecule has 4 rings (SSSR count). The maximum atomic E-state index is 12.4. The summed E-state index contributed by atoms with van der Waals surface area (Å²) in [4.78, 5) is 14.6. The van der Waals surface area contributed by atoms with Gasteiger partial charge in [0.05, 0.1) is 13.2 Å². The van der Waals surface area contributed by atoms with Crippen molar-refractivity contribution in [3.63, 3.8) is 0 Å². The molecule has 0 spiro atoms. The summed E-state index contributed by atoms with van der Waals surface area (Å²) in [6.45, 7) is 7.65. The SMILES string of the molecule is CCCCOc1ccccc1C=CC12NC(=O)CN1c1ccccc1C2(C)C. The lowest BCUT2D eigenvalue weighted by atomic mass is 9.75. The number of nitrogens with one attached hydrogen (secondary N) is 1. The zero-order chi connectivity index (χ0) is 19.8. The fourth-order valence-electron chi connectivity index (χ4n) is 4.43. The molecule has 0 radical (unpaired) electrons. The molecule has 146 valence electrons. The Morgan fingerprint density at radius 3 is 2.71 bits per heavy atom. The number of nitrogens with zero attached hydrogens (tertiary/aromatic N) is 1. The van der Waals surface area contributed by atoms with Gasteiger partial charge in [-0.25, -0.2) is 0 Å². The van der Waals surface area contributed by atoms with Gasteiger partial charge in [-0.15, -0.1) is 0 Å². The van der Waals surface area contributed by atoms with E-state index in [9.17, 15) is 4.79 Å². The van der Waals surface area contributed by atoms with Crippen LogP contribution < -0.4 is 15.0 Å². The molecule has 1 saturated heterocycles. The minimum atomic E-state index is -0.579. The van der Waals surface area contributed by atoms with E-state index in [1.165, 1.54) is 5.56 Å². The Bertz CT molecular complexity index is 918. The van der Waals surface area contributed by atoms with Gasteiger partial charge in [0.15, 0.2) is 0 Å². The summed E-state index contributed by atoms with van der Waals surface area (Å²) in [5.41, 5.74) is 2.57. The van der Waals surface area contributed by atoms with Gasteiger partial charge in [0.2, 0.25) is 5.91 Å². The van der Waals surface area contributed by atoms with E-state index in [1.807, 2.05) is 24.3 Å². The van der Waals surface area contributed by atoms with E-state index in [0.29, 0.717) is 13.2 Å². The average molecular weight is 377 g/mol. The number of fused-ring (bicyclic) bond motifs is 3. The van der Waals surface area contributed by atoms with Gasteiger partial charge in [0.1, 0.15) is 11.4 Å². The number of rotatable bonds is 6. The molecule has 1 fully saturated rings. The fraction of sp³-hybridized carbons (Fsp3) is 0.375. The quantitative estimate of drug-likeness (QED) is 0.755. The molecule has 2 aromatic rings. The van der Waals surface area contributed by atoms with Crippen molar-refractivity contribution < 1.29 is 9.53 Å². The molecule has 0 bridgehead atoms. The van der Waals surface area contributed by atoms with Gasteiger partial charge in [-0.05, 0) is 30.2 Å². The highest BCUT2D eigenvalue weighted by Gasteiger charge is 2.59. The first-order valence-corrected chi connectivity index (χ1v) is 10.1. The van der Waals surface area contributed by atoms with Crippen LogP contribution in [0.3, 0.4) is 0 Å². The number of ether oxygens (including phenoxy) is 1. The molecule has 0 saturated carbocycles. The minimum Gasteiger partial charge on any atom is -0.493 e. The third-order valence-electron chi connectivity index (χ3n) is 6.06. The average Bonchev–Trinajstić information content (AvgIpc) is 3.12. The van der Waals surface area contributed by atoms with Crippen LogP contribution in [0.5, 0.6) is 5.75 Å². The number of anilines is 1. The molecule has 0 aromatic heterocycles. The molecule has 2 aliphatic rings. The Morgan fingerprint density at radius 2 is 1.89 bits per heavy atom. The zero-order valence-electron chi connectivity index (χ0n) is 16.9. The summed E-state index contributed by atoms with van der Waals surface area (Å²) in [5, 5.41) is 3.27. The van der Waals surface area contributed by atoms with Crippen LogP contribution in [-0.2, 0) is 10.2 Å². The largest absolute Gasteiger partial charge is 0.493 e. The Labute approximate surface area is 167 Å². The predicted octanol–water partition coefficient (Wildman–Crippen LogP) is 4.50. The maximum Gasteiger partial charge on any atom is 0.241 e. The first kappa shape index (κ1) is 18.6. The van der Waals surface area contributed by atoms with Crippen LogP contribution in [-0.4, -0.2) is 24.7 Å². The number of unbranched alkanes of at least 4 members (excludes halogenated alkanes) is 1. The molecule has 0 aliphatic carbocycles. The number of amides is 1. The summed E-state index contributed by atoms with van der Waals surface area (Å²) < 4.78 is 5.98. The van der Waals surface area contributed by atoms with Crippen LogP contribution in [0.2, 0.25) is 0 Å². The lowest BCUT2D eigenvalue weighted by molar-refractivity contribution is -0.118. The molecule has 4 heteroatoms. The smallest absolute Gasteiger partial charge is 0.241 e. The Balaban J connectivity index is 1.72. The zero-order valence-corrected chi connectivity index (χ0v) is 16.9. The molecule has 2 aromatic carbocycles. The standard InChI is InChI=1S/C24H28N2O2/c1-4-5-16-28-21-13-9-6-10-18(21)14-15-24-23(2,3)19-11-7-8-12-20(19)26(24)17-22(27)25-24/h6-15H,4-5,16-17H2,1-3H3,(H,25,27). The van der Waals surface area contributed by atoms with Crippen LogP contribution >= 0.6 is 0 Å². The summed E-state index contributed by atoms with van der Waals surface area (Å²) in [6, 6.07) is 16.5. The second-order valence-corrected chi connectivity index (χ2v) is 8.12. The predicted molar refractivity (Wildman–Crippen MR) is 114 cm³/mol. The van der Waals surface area contributed by atoms with E-state index in [1.54, 1.807) is 0 Å². The topological polar surface area (TPSA) is 41.6 Å². The second-order valence-electron chi connectivity index (χ2n) is 8.12. The van der Waals surface area contributed by atoms with Gasteiger partial charge in [-0.3, -0.25) is 4.79 Å². The minimum absolute atomic E-state index is 0.0553. The molecule has 1 amide bonds. The van der Waals surface area contributed by atoms with E-state index >= 15 is 0 Å². The first-order chi connectivity index (χ1) is 13.5. The molecule has 2 heterocycles. The van der Waals surface area contributed by atoms with E-state index < -0.39 is 5.66 Å². The number of para-hydroxylation sites is 2. The molecular formula is C24H28N2O2. The monoisotopic (exact) mass is 376 g/mol. The fourth-order valence-corrected chi connectivity index (χ4v) is 4.43. The van der Waals surface area contributed by atoms with Crippen molar-refractivity contribution in [1.29, 1.82) is 0 Å². The third kappa shape index (κ3) is 2.79. The number of carbonyl (C=O) groups excluding carboxylic acids is 1. The van der Waals surface area contributed by atoms with Crippen LogP contribution in [0, 0.1) is 0 Å².